The van der Waals surface area contributed by atoms with E-state index in [9.17, 15) is 4.79 Å². The van der Waals surface area contributed by atoms with Gasteiger partial charge in [0.2, 0.25) is 0 Å². The summed E-state index contributed by atoms with van der Waals surface area (Å²) < 4.78 is 0. The van der Waals surface area contributed by atoms with E-state index in [4.69, 9.17) is 5.73 Å². The molecule has 1 unspecified atom stereocenters. The molecule has 20 heavy (non-hydrogen) atoms. The lowest BCUT2D eigenvalue weighted by molar-refractivity contribution is -0.109. The second-order valence-corrected chi connectivity index (χ2v) is 6.23. The van der Waals surface area contributed by atoms with E-state index in [1.54, 1.807) is 0 Å². The van der Waals surface area contributed by atoms with Crippen LogP contribution >= 0.6 is 0 Å². The Morgan fingerprint density at radius 3 is 2.35 bits per heavy atom. The van der Waals surface area contributed by atoms with Gasteiger partial charge in [0.05, 0.1) is 0 Å². The number of carbonyl (C=O) groups excluding carboxylic acids is 1. The van der Waals surface area contributed by atoms with Gasteiger partial charge >= 0.3 is 0 Å². The number of benzene rings is 1. The first-order valence-electron chi connectivity index (χ1n) is 7.30. The summed E-state index contributed by atoms with van der Waals surface area (Å²) in [5, 5.41) is 3.29. The number of rotatable bonds is 5. The summed E-state index contributed by atoms with van der Waals surface area (Å²) in [6.45, 7) is 8.32. The maximum atomic E-state index is 9.82. The van der Waals surface area contributed by atoms with Gasteiger partial charge in [0, 0.05) is 18.2 Å². The van der Waals surface area contributed by atoms with E-state index < -0.39 is 0 Å². The molecular formula is C17H30N2O. The van der Waals surface area contributed by atoms with Crippen LogP contribution in [0, 0.1) is 5.41 Å². The molecule has 1 aromatic carbocycles. The molecule has 0 saturated heterocycles. The summed E-state index contributed by atoms with van der Waals surface area (Å²) in [5.41, 5.74) is 8.03. The fourth-order valence-electron chi connectivity index (χ4n) is 1.79. The first kappa shape index (κ1) is 18.7. The highest BCUT2D eigenvalue weighted by Gasteiger charge is 2.07. The minimum Gasteiger partial charge on any atom is -0.399 e. The average molecular weight is 278 g/mol. The molecule has 0 spiro atoms. The number of hydrogen-bond acceptors (Lipinski definition) is 3. The molecule has 0 aromatic heterocycles. The SMILES string of the molecule is CC(C)(C)CC=O.CCCC(NC)c1cccc(N)c1. The van der Waals surface area contributed by atoms with E-state index >= 15 is 0 Å². The molecule has 0 saturated carbocycles. The van der Waals surface area contributed by atoms with Gasteiger partial charge in [-0.05, 0) is 36.6 Å². The van der Waals surface area contributed by atoms with Crippen LogP contribution in [0.25, 0.3) is 0 Å². The summed E-state index contributed by atoms with van der Waals surface area (Å²) in [6, 6.07) is 8.52. The average Bonchev–Trinajstić information content (AvgIpc) is 2.35. The fourth-order valence-corrected chi connectivity index (χ4v) is 1.79. The molecule has 0 radical (unpaired) electrons. The molecule has 0 amide bonds. The van der Waals surface area contributed by atoms with Gasteiger partial charge in [0.1, 0.15) is 6.29 Å². The lowest BCUT2D eigenvalue weighted by Crippen LogP contribution is -2.16. The zero-order chi connectivity index (χ0) is 15.6. The van der Waals surface area contributed by atoms with Gasteiger partial charge in [-0.1, -0.05) is 46.2 Å². The zero-order valence-electron chi connectivity index (χ0n) is 13.6. The van der Waals surface area contributed by atoms with E-state index in [-0.39, 0.29) is 5.41 Å². The van der Waals surface area contributed by atoms with E-state index in [1.807, 2.05) is 46.0 Å². The quantitative estimate of drug-likeness (QED) is 0.633. The van der Waals surface area contributed by atoms with Crippen molar-refractivity contribution in [1.82, 2.24) is 5.32 Å². The molecule has 0 fully saturated rings. The minimum atomic E-state index is 0.182. The monoisotopic (exact) mass is 278 g/mol. The van der Waals surface area contributed by atoms with Gasteiger partial charge in [-0.3, -0.25) is 0 Å². The zero-order valence-corrected chi connectivity index (χ0v) is 13.6. The molecule has 1 rings (SSSR count). The van der Waals surface area contributed by atoms with Crippen LogP contribution in [-0.4, -0.2) is 13.3 Å². The number of hydrogen-bond donors (Lipinski definition) is 2. The molecule has 0 aliphatic heterocycles. The van der Waals surface area contributed by atoms with Gasteiger partial charge in [0.25, 0.3) is 0 Å². The predicted octanol–water partition coefficient (Wildman–Crippen LogP) is 3.95. The molecule has 0 aliphatic rings. The van der Waals surface area contributed by atoms with E-state index in [2.05, 4.69) is 18.3 Å². The van der Waals surface area contributed by atoms with Crippen LogP contribution in [-0.2, 0) is 4.79 Å². The lowest BCUT2D eigenvalue weighted by atomic mass is 9.93. The van der Waals surface area contributed by atoms with Crippen molar-refractivity contribution in [2.45, 2.75) is 53.0 Å². The van der Waals surface area contributed by atoms with Crippen LogP contribution in [0.5, 0.6) is 0 Å². The molecule has 3 nitrogen and oxygen atoms in total. The fraction of sp³-hybridized carbons (Fsp3) is 0.588. The van der Waals surface area contributed by atoms with Crippen molar-refractivity contribution in [2.75, 3.05) is 12.8 Å². The summed E-state index contributed by atoms with van der Waals surface area (Å²) in [4.78, 5) is 9.82. The smallest absolute Gasteiger partial charge is 0.120 e. The Bertz CT molecular complexity index is 383. The second-order valence-electron chi connectivity index (χ2n) is 6.23. The van der Waals surface area contributed by atoms with Crippen LogP contribution in [0.4, 0.5) is 5.69 Å². The number of carbonyl (C=O) groups is 1. The largest absolute Gasteiger partial charge is 0.399 e. The number of anilines is 1. The standard InChI is InChI=1S/C11H18N2.C6H12O/c1-3-5-11(13-2)9-6-4-7-10(12)8-9;1-6(2,3)4-5-7/h4,6-8,11,13H,3,5,12H2,1-2H3;5H,4H2,1-3H3. The molecule has 114 valence electrons. The first-order chi connectivity index (χ1) is 9.34. The Labute approximate surface area is 124 Å². The van der Waals surface area contributed by atoms with E-state index in [1.165, 1.54) is 12.0 Å². The van der Waals surface area contributed by atoms with Crippen molar-refractivity contribution in [1.29, 1.82) is 0 Å². The molecule has 1 atom stereocenters. The topological polar surface area (TPSA) is 55.1 Å². The van der Waals surface area contributed by atoms with Crippen LogP contribution in [0.1, 0.15) is 58.6 Å². The lowest BCUT2D eigenvalue weighted by Gasteiger charge is -2.15. The van der Waals surface area contributed by atoms with Crippen LogP contribution in [0.15, 0.2) is 24.3 Å². The Morgan fingerprint density at radius 1 is 1.35 bits per heavy atom. The van der Waals surface area contributed by atoms with Crippen molar-refractivity contribution in [3.63, 3.8) is 0 Å². The van der Waals surface area contributed by atoms with Crippen molar-refractivity contribution < 1.29 is 4.79 Å². The Hall–Kier alpha value is -1.35. The van der Waals surface area contributed by atoms with Crippen molar-refractivity contribution in [3.8, 4) is 0 Å². The van der Waals surface area contributed by atoms with Crippen LogP contribution < -0.4 is 11.1 Å². The maximum Gasteiger partial charge on any atom is 0.120 e. The third kappa shape index (κ3) is 8.70. The summed E-state index contributed by atoms with van der Waals surface area (Å²) in [5.74, 6) is 0. The van der Waals surface area contributed by atoms with Gasteiger partial charge in [-0.15, -0.1) is 0 Å². The number of nitrogen functional groups attached to an aromatic ring is 1. The second kappa shape index (κ2) is 9.54. The molecular weight excluding hydrogens is 248 g/mol. The third-order valence-electron chi connectivity index (χ3n) is 2.93. The minimum absolute atomic E-state index is 0.182. The molecule has 3 heteroatoms. The van der Waals surface area contributed by atoms with Crippen LogP contribution in [0.2, 0.25) is 0 Å². The maximum absolute atomic E-state index is 9.82. The Morgan fingerprint density at radius 2 is 2.00 bits per heavy atom. The third-order valence-corrected chi connectivity index (χ3v) is 2.93. The Balaban J connectivity index is 0.000000441. The summed E-state index contributed by atoms with van der Waals surface area (Å²) >= 11 is 0. The number of aldehydes is 1. The highest BCUT2D eigenvalue weighted by molar-refractivity contribution is 5.50. The summed E-state index contributed by atoms with van der Waals surface area (Å²) in [6.07, 6.45) is 3.95. The van der Waals surface area contributed by atoms with Gasteiger partial charge in [-0.25, -0.2) is 0 Å². The van der Waals surface area contributed by atoms with Crippen LogP contribution in [0.3, 0.4) is 0 Å². The number of nitrogens with one attached hydrogen (secondary N) is 1. The van der Waals surface area contributed by atoms with Gasteiger partial charge in [0.15, 0.2) is 0 Å². The predicted molar refractivity (Wildman–Crippen MR) is 87.7 cm³/mol. The van der Waals surface area contributed by atoms with E-state index in [0.29, 0.717) is 12.5 Å². The molecule has 0 aliphatic carbocycles. The Kier molecular flexibility index (Phi) is 8.89. The molecule has 1 aromatic rings. The molecule has 0 bridgehead atoms. The normalized spacial score (nSPS) is 12.2. The van der Waals surface area contributed by atoms with Crippen molar-refractivity contribution in [2.24, 2.45) is 5.41 Å². The molecule has 0 heterocycles. The number of nitrogens with two attached hydrogens (primary N) is 1. The van der Waals surface area contributed by atoms with Crippen molar-refractivity contribution in [3.05, 3.63) is 29.8 Å². The van der Waals surface area contributed by atoms with Gasteiger partial charge < -0.3 is 15.8 Å². The first-order valence-corrected chi connectivity index (χ1v) is 7.30. The van der Waals surface area contributed by atoms with Crippen molar-refractivity contribution >= 4 is 12.0 Å². The molecule has 3 N–H and O–H groups in total. The van der Waals surface area contributed by atoms with Gasteiger partial charge in [-0.2, -0.15) is 0 Å². The summed E-state index contributed by atoms with van der Waals surface area (Å²) in [7, 11) is 1.99. The highest BCUT2D eigenvalue weighted by Crippen LogP contribution is 2.19. The highest BCUT2D eigenvalue weighted by atomic mass is 16.1. The van der Waals surface area contributed by atoms with E-state index in [0.717, 1.165) is 18.4 Å².